The molecule has 9 nitrogen and oxygen atoms in total. The molecule has 30 heavy (non-hydrogen) atoms. The van der Waals surface area contributed by atoms with Crippen LogP contribution in [0.4, 0.5) is 0 Å². The van der Waals surface area contributed by atoms with Gasteiger partial charge in [-0.1, -0.05) is 0 Å². The molecule has 4 fully saturated rings. The van der Waals surface area contributed by atoms with E-state index in [9.17, 15) is 19.2 Å². The molecule has 4 N–H and O–H groups in total. The van der Waals surface area contributed by atoms with Gasteiger partial charge >= 0.3 is 0 Å². The Kier molecular flexibility index (Phi) is 5.78. The molecule has 1 aromatic rings. The Morgan fingerprint density at radius 2 is 1.47 bits per heavy atom. The average Bonchev–Trinajstić information content (AvgIpc) is 3.22. The van der Waals surface area contributed by atoms with E-state index in [0.29, 0.717) is 6.42 Å². The van der Waals surface area contributed by atoms with Crippen LogP contribution in [0.2, 0.25) is 0 Å². The van der Waals surface area contributed by atoms with Gasteiger partial charge in [-0.25, -0.2) is 0 Å². The van der Waals surface area contributed by atoms with E-state index in [0.717, 1.165) is 37.0 Å². The molecule has 4 aliphatic carbocycles. The van der Waals surface area contributed by atoms with Crippen LogP contribution in [-0.2, 0) is 14.4 Å². The number of hydrogen-bond donors (Lipinski definition) is 4. The summed E-state index contributed by atoms with van der Waals surface area (Å²) in [4.78, 5) is 47.7. The molecule has 1 heterocycles. The van der Waals surface area contributed by atoms with Crippen molar-refractivity contribution in [1.29, 1.82) is 0 Å². The molecule has 0 spiro atoms. The fourth-order valence-corrected chi connectivity index (χ4v) is 5.97. The second-order valence-electron chi connectivity index (χ2n) is 9.13. The van der Waals surface area contributed by atoms with Crippen LogP contribution in [0, 0.1) is 23.2 Å². The topological polar surface area (TPSA) is 130 Å². The van der Waals surface area contributed by atoms with Gasteiger partial charge < -0.3 is 15.1 Å². The van der Waals surface area contributed by atoms with E-state index in [-0.39, 0.29) is 30.2 Å². The number of nitrogens with one attached hydrogen (secondary N) is 4. The summed E-state index contributed by atoms with van der Waals surface area (Å²) >= 11 is 0. The van der Waals surface area contributed by atoms with Crippen molar-refractivity contribution in [1.82, 2.24) is 21.5 Å². The Balaban J connectivity index is 1.12. The second kappa shape index (κ2) is 8.49. The summed E-state index contributed by atoms with van der Waals surface area (Å²) in [6, 6.07) is 3.05. The highest BCUT2D eigenvalue weighted by Crippen LogP contribution is 2.61. The molecular weight excluding hydrogens is 388 g/mol. The summed E-state index contributed by atoms with van der Waals surface area (Å²) in [5.74, 6) is 0.650. The Morgan fingerprint density at radius 3 is 2.07 bits per heavy atom. The lowest BCUT2D eigenvalue weighted by atomic mass is 9.49. The fraction of sp³-hybridized carbons (Fsp3) is 0.619. The zero-order chi connectivity index (χ0) is 21.1. The van der Waals surface area contributed by atoms with Crippen LogP contribution in [0.1, 0.15) is 55.5 Å². The summed E-state index contributed by atoms with van der Waals surface area (Å²) in [6.45, 7) is -0.585. The minimum Gasteiger partial charge on any atom is -0.459 e. The zero-order valence-electron chi connectivity index (χ0n) is 16.9. The number of hydrogen-bond acceptors (Lipinski definition) is 5. The van der Waals surface area contributed by atoms with Crippen LogP contribution in [0.15, 0.2) is 22.8 Å². The highest BCUT2D eigenvalue weighted by atomic mass is 16.3. The highest BCUT2D eigenvalue weighted by Gasteiger charge is 2.51. The Morgan fingerprint density at radius 1 is 0.867 bits per heavy atom. The van der Waals surface area contributed by atoms with Gasteiger partial charge in [0.2, 0.25) is 11.8 Å². The maximum absolute atomic E-state index is 12.4. The van der Waals surface area contributed by atoms with Gasteiger partial charge in [0.05, 0.1) is 19.4 Å². The third-order valence-electron chi connectivity index (χ3n) is 6.64. The summed E-state index contributed by atoms with van der Waals surface area (Å²) in [5, 5.41) is 4.77. The first-order chi connectivity index (χ1) is 14.4. The Labute approximate surface area is 174 Å². The maximum Gasteiger partial charge on any atom is 0.287 e. The van der Waals surface area contributed by atoms with Gasteiger partial charge in [0, 0.05) is 6.42 Å². The van der Waals surface area contributed by atoms with Gasteiger partial charge in [0.15, 0.2) is 5.76 Å². The molecule has 0 radical (unpaired) electrons. The van der Waals surface area contributed by atoms with Crippen LogP contribution in [-0.4, -0.2) is 36.7 Å². The molecule has 0 saturated heterocycles. The van der Waals surface area contributed by atoms with E-state index < -0.39 is 17.7 Å². The summed E-state index contributed by atoms with van der Waals surface area (Å²) < 4.78 is 4.92. The van der Waals surface area contributed by atoms with E-state index in [1.165, 1.54) is 31.6 Å². The van der Waals surface area contributed by atoms with Crippen molar-refractivity contribution in [3.05, 3.63) is 24.2 Å². The first kappa shape index (κ1) is 20.4. The quantitative estimate of drug-likeness (QED) is 0.490. The Bertz CT molecular complexity index is 784. The minimum atomic E-state index is -0.528. The summed E-state index contributed by atoms with van der Waals surface area (Å²) in [7, 11) is 0. The average molecular weight is 416 g/mol. The molecule has 0 aliphatic heterocycles. The predicted octanol–water partition coefficient (Wildman–Crippen LogP) is 0.879. The van der Waals surface area contributed by atoms with Crippen LogP contribution in [0.25, 0.3) is 0 Å². The van der Waals surface area contributed by atoms with E-state index in [2.05, 4.69) is 21.5 Å². The van der Waals surface area contributed by atoms with Gasteiger partial charge in [-0.15, -0.1) is 0 Å². The number of amides is 4. The first-order valence-corrected chi connectivity index (χ1v) is 10.6. The van der Waals surface area contributed by atoms with Gasteiger partial charge in [-0.3, -0.25) is 30.0 Å². The Hall–Kier alpha value is -2.84. The van der Waals surface area contributed by atoms with E-state index in [1.807, 2.05) is 0 Å². The van der Waals surface area contributed by atoms with E-state index in [1.54, 1.807) is 6.07 Å². The van der Waals surface area contributed by atoms with Crippen molar-refractivity contribution >= 4 is 23.6 Å². The monoisotopic (exact) mass is 416 g/mol. The molecule has 4 bridgehead atoms. The van der Waals surface area contributed by atoms with Crippen LogP contribution >= 0.6 is 0 Å². The van der Waals surface area contributed by atoms with Crippen LogP contribution < -0.4 is 21.5 Å². The third kappa shape index (κ3) is 4.83. The first-order valence-electron chi connectivity index (χ1n) is 10.6. The lowest BCUT2D eigenvalue weighted by molar-refractivity contribution is -0.134. The van der Waals surface area contributed by atoms with Crippen LogP contribution in [0.5, 0.6) is 0 Å². The van der Waals surface area contributed by atoms with Gasteiger partial charge in [0.1, 0.15) is 0 Å². The summed E-state index contributed by atoms with van der Waals surface area (Å²) in [5.41, 5.74) is 4.93. The zero-order valence-corrected chi connectivity index (χ0v) is 16.9. The van der Waals surface area contributed by atoms with Crippen molar-refractivity contribution in [3.8, 4) is 0 Å². The molecule has 4 aliphatic rings. The lowest BCUT2D eigenvalue weighted by Crippen LogP contribution is -2.51. The molecule has 0 unspecified atom stereocenters. The van der Waals surface area contributed by atoms with Crippen molar-refractivity contribution in [3.63, 3.8) is 0 Å². The number of rotatable bonds is 7. The molecular formula is C21H28N4O5. The van der Waals surface area contributed by atoms with Crippen molar-refractivity contribution < 1.29 is 23.6 Å². The number of hydrazine groups is 1. The molecule has 0 aromatic carbocycles. The number of carbonyl (C=O) groups is 4. The van der Waals surface area contributed by atoms with Gasteiger partial charge in [0.25, 0.3) is 11.8 Å². The van der Waals surface area contributed by atoms with Gasteiger partial charge in [-0.2, -0.15) is 0 Å². The SMILES string of the molecule is O=C(CNC(=O)c1ccco1)NCC(=O)NNC(=O)CC12CC3CC(CC(C3)C1)C2. The normalized spacial score (nSPS) is 28.6. The standard InChI is InChI=1S/C21H28N4O5/c26-17(10-21-7-13-4-14(8-21)6-15(5-13)9-21)24-25-19(28)12-22-18(27)11-23-20(29)16-2-1-3-30-16/h1-3,13-15H,4-12H2,(H,22,27)(H,23,29)(H,24,26)(H,25,28). The number of carbonyl (C=O) groups excluding carboxylic acids is 4. The molecule has 162 valence electrons. The molecule has 4 amide bonds. The third-order valence-corrected chi connectivity index (χ3v) is 6.64. The van der Waals surface area contributed by atoms with E-state index >= 15 is 0 Å². The lowest BCUT2D eigenvalue weighted by Gasteiger charge is -2.56. The molecule has 1 aromatic heterocycles. The fourth-order valence-electron chi connectivity index (χ4n) is 5.97. The van der Waals surface area contributed by atoms with Crippen molar-refractivity contribution in [2.24, 2.45) is 23.2 Å². The summed E-state index contributed by atoms with van der Waals surface area (Å²) in [6.07, 6.45) is 9.14. The van der Waals surface area contributed by atoms with Crippen molar-refractivity contribution in [2.75, 3.05) is 13.1 Å². The number of furan rings is 1. The van der Waals surface area contributed by atoms with E-state index in [4.69, 9.17) is 4.42 Å². The second-order valence-corrected chi connectivity index (χ2v) is 9.13. The van der Waals surface area contributed by atoms with Gasteiger partial charge in [-0.05, 0) is 73.8 Å². The molecule has 4 saturated carbocycles. The smallest absolute Gasteiger partial charge is 0.287 e. The van der Waals surface area contributed by atoms with Crippen LogP contribution in [0.3, 0.4) is 0 Å². The largest absolute Gasteiger partial charge is 0.459 e. The van der Waals surface area contributed by atoms with Crippen molar-refractivity contribution in [2.45, 2.75) is 44.9 Å². The maximum atomic E-state index is 12.4. The molecule has 9 heteroatoms. The predicted molar refractivity (Wildman–Crippen MR) is 106 cm³/mol. The molecule has 0 atom stereocenters. The molecule has 5 rings (SSSR count). The highest BCUT2D eigenvalue weighted by molar-refractivity contribution is 5.94. The minimum absolute atomic E-state index is 0.0993.